The number of hydrogen-bond acceptors (Lipinski definition) is 3. The zero-order valence-corrected chi connectivity index (χ0v) is 15.2. The van der Waals surface area contributed by atoms with E-state index < -0.39 is 0 Å². The van der Waals surface area contributed by atoms with Crippen LogP contribution in [0.3, 0.4) is 0 Å². The first kappa shape index (κ1) is 17.1. The predicted octanol–water partition coefficient (Wildman–Crippen LogP) is 3.66. The molecular weight excluding hydrogens is 318 g/mol. The molecule has 2 heterocycles. The van der Waals surface area contributed by atoms with E-state index in [1.807, 2.05) is 30.0 Å². The van der Waals surface area contributed by atoms with Crippen LogP contribution in [0.1, 0.15) is 36.7 Å². The summed E-state index contributed by atoms with van der Waals surface area (Å²) in [6.45, 7) is 6.10. The number of aryl methyl sites for hydroxylation is 1. The smallest absolute Gasteiger partial charge is 0.233 e. The summed E-state index contributed by atoms with van der Waals surface area (Å²) in [7, 11) is 0. The van der Waals surface area contributed by atoms with Crippen molar-refractivity contribution < 1.29 is 4.79 Å². The minimum atomic E-state index is 0.227. The number of carbonyl (C=O) groups is 1. The average Bonchev–Trinajstić information content (AvgIpc) is 2.94. The molecule has 1 aromatic heterocycles. The van der Waals surface area contributed by atoms with Crippen LogP contribution in [0.4, 0.5) is 0 Å². The van der Waals surface area contributed by atoms with Gasteiger partial charge in [0.2, 0.25) is 5.91 Å². The highest BCUT2D eigenvalue weighted by Crippen LogP contribution is 2.21. The van der Waals surface area contributed by atoms with Gasteiger partial charge in [-0.15, -0.1) is 0 Å². The number of aromatic amines is 1. The number of nitrogens with one attached hydrogen (secondary N) is 1. The molecule has 0 bridgehead atoms. The molecule has 5 heteroatoms. The fourth-order valence-corrected chi connectivity index (χ4v) is 3.82. The highest BCUT2D eigenvalue weighted by molar-refractivity contribution is 7.99. The van der Waals surface area contributed by atoms with E-state index in [1.54, 1.807) is 0 Å². The maximum absolute atomic E-state index is 12.3. The summed E-state index contributed by atoms with van der Waals surface area (Å²) in [4.78, 5) is 22.3. The second-order valence-electron chi connectivity index (χ2n) is 6.63. The zero-order valence-electron chi connectivity index (χ0n) is 14.4. The van der Waals surface area contributed by atoms with Gasteiger partial charge in [-0.25, -0.2) is 4.98 Å². The van der Waals surface area contributed by atoms with Crippen molar-refractivity contribution in [2.45, 2.75) is 38.3 Å². The van der Waals surface area contributed by atoms with Gasteiger partial charge in [0.1, 0.15) is 0 Å². The molecule has 128 valence electrons. The van der Waals surface area contributed by atoms with Crippen LogP contribution in [-0.4, -0.2) is 39.6 Å². The van der Waals surface area contributed by atoms with Gasteiger partial charge in [-0.2, -0.15) is 0 Å². The summed E-state index contributed by atoms with van der Waals surface area (Å²) in [5.41, 5.74) is 3.39. The van der Waals surface area contributed by atoms with Crippen molar-refractivity contribution in [2.24, 2.45) is 5.92 Å². The topological polar surface area (TPSA) is 49.0 Å². The molecule has 24 heavy (non-hydrogen) atoms. The maximum atomic E-state index is 12.3. The Kier molecular flexibility index (Phi) is 5.61. The normalized spacial score (nSPS) is 15.7. The minimum absolute atomic E-state index is 0.227. The van der Waals surface area contributed by atoms with E-state index in [0.29, 0.717) is 5.75 Å². The van der Waals surface area contributed by atoms with Gasteiger partial charge >= 0.3 is 0 Å². The molecule has 3 rings (SSSR count). The third-order valence-electron chi connectivity index (χ3n) is 4.65. The number of thioether (sulfide) groups is 1. The highest BCUT2D eigenvalue weighted by atomic mass is 32.2. The molecule has 0 unspecified atom stereocenters. The van der Waals surface area contributed by atoms with Crippen molar-refractivity contribution in [1.29, 1.82) is 0 Å². The molecule has 0 spiro atoms. The van der Waals surface area contributed by atoms with Crippen LogP contribution in [0, 0.1) is 12.8 Å². The first-order valence-corrected chi connectivity index (χ1v) is 9.60. The van der Waals surface area contributed by atoms with E-state index in [4.69, 9.17) is 0 Å². The van der Waals surface area contributed by atoms with Crippen molar-refractivity contribution >= 4 is 17.7 Å². The van der Waals surface area contributed by atoms with E-state index in [9.17, 15) is 4.79 Å². The fraction of sp³-hybridized carbons (Fsp3) is 0.474. The molecular formula is C19H25N3OS. The van der Waals surface area contributed by atoms with Crippen LogP contribution in [0.5, 0.6) is 0 Å². The molecule has 1 fully saturated rings. The molecule has 1 N–H and O–H groups in total. The highest BCUT2D eigenvalue weighted by Gasteiger charge is 2.20. The molecule has 0 atom stereocenters. The number of carbonyl (C=O) groups excluding carboxylic acids is 1. The van der Waals surface area contributed by atoms with Gasteiger partial charge in [0, 0.05) is 25.2 Å². The van der Waals surface area contributed by atoms with Gasteiger partial charge in [0.05, 0.1) is 11.4 Å². The van der Waals surface area contributed by atoms with E-state index in [2.05, 4.69) is 29.0 Å². The lowest BCUT2D eigenvalue weighted by molar-refractivity contribution is -0.129. The predicted molar refractivity (Wildman–Crippen MR) is 98.3 cm³/mol. The molecule has 1 aliphatic rings. The van der Waals surface area contributed by atoms with Crippen molar-refractivity contribution in [3.05, 3.63) is 47.3 Å². The number of H-pyrrole nitrogens is 1. The molecule has 0 radical (unpaired) electrons. The Labute approximate surface area is 148 Å². The lowest BCUT2D eigenvalue weighted by atomic mass is 9.99. The number of piperidine rings is 1. The average molecular weight is 343 g/mol. The summed E-state index contributed by atoms with van der Waals surface area (Å²) < 4.78 is 0. The van der Waals surface area contributed by atoms with Crippen LogP contribution in [0.25, 0.3) is 0 Å². The number of aromatic nitrogens is 2. The lowest BCUT2D eigenvalue weighted by Gasteiger charge is -2.30. The monoisotopic (exact) mass is 343 g/mol. The fourth-order valence-electron chi connectivity index (χ4n) is 2.98. The number of hydrogen-bond donors (Lipinski definition) is 1. The van der Waals surface area contributed by atoms with Gasteiger partial charge in [-0.1, -0.05) is 49.0 Å². The molecule has 0 aliphatic carbocycles. The number of amides is 1. The van der Waals surface area contributed by atoms with Gasteiger partial charge < -0.3 is 9.88 Å². The zero-order chi connectivity index (χ0) is 16.9. The Morgan fingerprint density at radius 1 is 1.29 bits per heavy atom. The lowest BCUT2D eigenvalue weighted by Crippen LogP contribution is -2.38. The van der Waals surface area contributed by atoms with Crippen LogP contribution in [0.15, 0.2) is 35.5 Å². The van der Waals surface area contributed by atoms with E-state index in [-0.39, 0.29) is 5.91 Å². The minimum Gasteiger partial charge on any atom is -0.342 e. The summed E-state index contributed by atoms with van der Waals surface area (Å²) in [5, 5.41) is 0.845. The molecule has 1 saturated heterocycles. The molecule has 2 aromatic rings. The standard InChI is InChI=1S/C19H25N3OS/c1-14-8-10-22(11-9-14)18(23)13-24-19-20-15(2)17(21-19)12-16-6-4-3-5-7-16/h3-7,14H,8-13H2,1-2H3,(H,20,21). The Morgan fingerprint density at radius 3 is 2.71 bits per heavy atom. The largest absolute Gasteiger partial charge is 0.342 e. The molecule has 1 aromatic carbocycles. The van der Waals surface area contributed by atoms with Gasteiger partial charge in [-0.3, -0.25) is 4.79 Å². The summed E-state index contributed by atoms with van der Waals surface area (Å²) in [6, 6.07) is 10.3. The second kappa shape index (κ2) is 7.88. The van der Waals surface area contributed by atoms with Crippen molar-refractivity contribution in [1.82, 2.24) is 14.9 Å². The summed E-state index contributed by atoms with van der Waals surface area (Å²) in [6.07, 6.45) is 3.07. The molecule has 0 saturated carbocycles. The van der Waals surface area contributed by atoms with Crippen molar-refractivity contribution in [3.63, 3.8) is 0 Å². The van der Waals surface area contributed by atoms with Crippen molar-refractivity contribution in [3.8, 4) is 0 Å². The first-order valence-electron chi connectivity index (χ1n) is 8.62. The number of likely N-dealkylation sites (tertiary alicyclic amines) is 1. The third kappa shape index (κ3) is 4.41. The Balaban J connectivity index is 1.54. The number of imidazole rings is 1. The van der Waals surface area contributed by atoms with Crippen LogP contribution in [-0.2, 0) is 11.2 Å². The molecule has 1 aliphatic heterocycles. The summed E-state index contributed by atoms with van der Waals surface area (Å²) >= 11 is 1.51. The maximum Gasteiger partial charge on any atom is 0.233 e. The molecule has 1 amide bonds. The van der Waals surface area contributed by atoms with Gasteiger partial charge in [0.25, 0.3) is 0 Å². The van der Waals surface area contributed by atoms with Crippen LogP contribution >= 0.6 is 11.8 Å². The Bertz CT molecular complexity index is 675. The van der Waals surface area contributed by atoms with E-state index >= 15 is 0 Å². The quantitative estimate of drug-likeness (QED) is 0.843. The SMILES string of the molecule is Cc1[nH]c(SCC(=O)N2CCC(C)CC2)nc1Cc1ccccc1. The number of nitrogens with zero attached hydrogens (tertiary/aromatic N) is 2. The number of benzene rings is 1. The Hall–Kier alpha value is -1.75. The Morgan fingerprint density at radius 2 is 2.00 bits per heavy atom. The molecule has 4 nitrogen and oxygen atoms in total. The van der Waals surface area contributed by atoms with Gasteiger partial charge in [-0.05, 0) is 31.2 Å². The second-order valence-corrected chi connectivity index (χ2v) is 7.59. The van der Waals surface area contributed by atoms with Crippen molar-refractivity contribution in [2.75, 3.05) is 18.8 Å². The van der Waals surface area contributed by atoms with Crippen LogP contribution in [0.2, 0.25) is 0 Å². The van der Waals surface area contributed by atoms with E-state index in [0.717, 1.165) is 54.8 Å². The summed E-state index contributed by atoms with van der Waals surface area (Å²) in [5.74, 6) is 1.44. The van der Waals surface area contributed by atoms with Gasteiger partial charge in [0.15, 0.2) is 5.16 Å². The van der Waals surface area contributed by atoms with Crippen LogP contribution < -0.4 is 0 Å². The van der Waals surface area contributed by atoms with E-state index in [1.165, 1.54) is 17.3 Å². The third-order valence-corrected chi connectivity index (χ3v) is 5.50. The first-order chi connectivity index (χ1) is 11.6. The number of rotatable bonds is 5.